The zero-order valence-electron chi connectivity index (χ0n) is 17.1. The maximum atomic E-state index is 12.5. The van der Waals surface area contributed by atoms with Gasteiger partial charge in [-0.2, -0.15) is 16.8 Å². The Labute approximate surface area is 180 Å². The van der Waals surface area contributed by atoms with Crippen molar-refractivity contribution in [2.24, 2.45) is 0 Å². The molecule has 0 bridgehead atoms. The van der Waals surface area contributed by atoms with E-state index in [-0.39, 0.29) is 24.7 Å². The van der Waals surface area contributed by atoms with Gasteiger partial charge in [-0.3, -0.25) is 8.37 Å². The van der Waals surface area contributed by atoms with E-state index in [1.54, 1.807) is 0 Å². The third kappa shape index (κ3) is 5.31. The lowest BCUT2D eigenvalue weighted by Crippen LogP contribution is -2.10. The highest BCUT2D eigenvalue weighted by Crippen LogP contribution is 2.43. The van der Waals surface area contributed by atoms with Crippen LogP contribution in [0.15, 0.2) is 34.1 Å². The fourth-order valence-corrected chi connectivity index (χ4v) is 4.57. The minimum Gasteiger partial charge on any atom is -0.504 e. The largest absolute Gasteiger partial charge is 0.504 e. The summed E-state index contributed by atoms with van der Waals surface area (Å²) in [5.74, 6) is -2.15. The molecule has 0 saturated carbocycles. The van der Waals surface area contributed by atoms with E-state index in [9.17, 15) is 27.0 Å². The topological polar surface area (TPSA) is 155 Å². The minimum absolute atomic E-state index is 0.148. The van der Waals surface area contributed by atoms with E-state index in [4.69, 9.17) is 22.6 Å². The highest BCUT2D eigenvalue weighted by molar-refractivity contribution is 7.87. The zero-order chi connectivity index (χ0) is 23.4. The average molecular weight is 478 g/mol. The Morgan fingerprint density at radius 1 is 0.677 bits per heavy atom. The Kier molecular flexibility index (Phi) is 7.59. The van der Waals surface area contributed by atoms with Gasteiger partial charge in [-0.05, 0) is 13.8 Å². The van der Waals surface area contributed by atoms with E-state index in [0.717, 1.165) is 24.3 Å². The maximum absolute atomic E-state index is 12.5. The van der Waals surface area contributed by atoms with Crippen molar-refractivity contribution in [3.05, 3.63) is 24.3 Å². The summed E-state index contributed by atoms with van der Waals surface area (Å²) in [4.78, 5) is -1.17. The van der Waals surface area contributed by atoms with E-state index in [2.05, 4.69) is 0 Å². The molecule has 0 heterocycles. The predicted molar refractivity (Wildman–Crippen MR) is 107 cm³/mol. The summed E-state index contributed by atoms with van der Waals surface area (Å²) in [6, 6.07) is 3.76. The summed E-state index contributed by atoms with van der Waals surface area (Å²) in [5.41, 5.74) is 0. The lowest BCUT2D eigenvalue weighted by Gasteiger charge is -2.17. The van der Waals surface area contributed by atoms with Crippen LogP contribution in [0.25, 0.3) is 0 Å². The molecule has 0 radical (unpaired) electrons. The Bertz CT molecular complexity index is 1060. The molecule has 0 aliphatic rings. The second-order valence-electron chi connectivity index (χ2n) is 5.76. The fourth-order valence-electron chi connectivity index (χ4n) is 2.49. The molecular formula is C18H22O11S2. The van der Waals surface area contributed by atoms with E-state index in [1.807, 2.05) is 0 Å². The molecule has 13 heteroatoms. The lowest BCUT2D eigenvalue weighted by atomic mass is 10.2. The quantitative estimate of drug-likeness (QED) is 0.483. The first-order valence-electron chi connectivity index (χ1n) is 8.79. The number of hydrogen-bond donors (Lipinski definition) is 2. The summed E-state index contributed by atoms with van der Waals surface area (Å²) in [5, 5.41) is 20.0. The van der Waals surface area contributed by atoms with E-state index < -0.39 is 53.0 Å². The average Bonchev–Trinajstić information content (AvgIpc) is 2.69. The van der Waals surface area contributed by atoms with Crippen molar-refractivity contribution in [2.75, 3.05) is 27.4 Å². The molecule has 0 saturated heterocycles. The summed E-state index contributed by atoms with van der Waals surface area (Å²) in [6.07, 6.45) is 0. The highest BCUT2D eigenvalue weighted by atomic mass is 32.2. The van der Waals surface area contributed by atoms with Gasteiger partial charge in [-0.1, -0.05) is 0 Å². The Hall–Kier alpha value is -2.74. The molecule has 0 spiro atoms. The van der Waals surface area contributed by atoms with Crippen LogP contribution in [0.1, 0.15) is 13.8 Å². The van der Waals surface area contributed by atoms with Crippen molar-refractivity contribution in [3.63, 3.8) is 0 Å². The molecular weight excluding hydrogens is 456 g/mol. The first-order chi connectivity index (χ1) is 14.5. The van der Waals surface area contributed by atoms with Crippen LogP contribution >= 0.6 is 0 Å². The molecule has 0 unspecified atom stereocenters. The molecule has 11 nitrogen and oxygen atoms in total. The maximum Gasteiger partial charge on any atom is 0.300 e. The lowest BCUT2D eigenvalue weighted by molar-refractivity contribution is 0.328. The zero-order valence-corrected chi connectivity index (χ0v) is 18.7. The van der Waals surface area contributed by atoms with Crippen LogP contribution in [0, 0.1) is 0 Å². The summed E-state index contributed by atoms with van der Waals surface area (Å²) in [6.45, 7) is 2.48. The van der Waals surface area contributed by atoms with Crippen LogP contribution < -0.4 is 14.2 Å². The van der Waals surface area contributed by atoms with Crippen molar-refractivity contribution in [3.8, 4) is 34.5 Å². The Balaban J connectivity index is 2.78. The van der Waals surface area contributed by atoms with Crippen LogP contribution in [0.4, 0.5) is 0 Å². The SMILES string of the molecule is CCOS(=O)(=O)c1cc(O)c(OC)cc1Oc1cc(OC)c(O)cc1S(=O)(=O)OCC. The second kappa shape index (κ2) is 9.60. The second-order valence-corrected chi connectivity index (χ2v) is 8.93. The van der Waals surface area contributed by atoms with Crippen LogP contribution in [-0.2, 0) is 28.6 Å². The summed E-state index contributed by atoms with van der Waals surface area (Å²) < 4.78 is 75.0. The van der Waals surface area contributed by atoms with Gasteiger partial charge in [0, 0.05) is 24.3 Å². The number of aromatic hydroxyl groups is 2. The van der Waals surface area contributed by atoms with Gasteiger partial charge in [0.15, 0.2) is 34.5 Å². The molecule has 2 aromatic carbocycles. The third-order valence-electron chi connectivity index (χ3n) is 3.80. The van der Waals surface area contributed by atoms with Gasteiger partial charge in [0.2, 0.25) is 0 Å². The van der Waals surface area contributed by atoms with Gasteiger partial charge in [0.25, 0.3) is 0 Å². The minimum atomic E-state index is -4.39. The van der Waals surface area contributed by atoms with Crippen molar-refractivity contribution < 1.29 is 49.6 Å². The van der Waals surface area contributed by atoms with E-state index in [1.165, 1.54) is 28.1 Å². The number of phenols is 2. The van der Waals surface area contributed by atoms with Crippen LogP contribution in [0.3, 0.4) is 0 Å². The summed E-state index contributed by atoms with van der Waals surface area (Å²) in [7, 11) is -6.33. The van der Waals surface area contributed by atoms with Gasteiger partial charge >= 0.3 is 20.2 Å². The molecule has 0 aliphatic heterocycles. The monoisotopic (exact) mass is 478 g/mol. The van der Waals surface area contributed by atoms with Crippen LogP contribution in [0.2, 0.25) is 0 Å². The number of methoxy groups -OCH3 is 2. The fraction of sp³-hybridized carbons (Fsp3) is 0.333. The molecule has 2 rings (SSSR count). The van der Waals surface area contributed by atoms with E-state index in [0.29, 0.717) is 0 Å². The van der Waals surface area contributed by atoms with Gasteiger partial charge in [0.05, 0.1) is 27.4 Å². The van der Waals surface area contributed by atoms with Crippen LogP contribution in [-0.4, -0.2) is 54.5 Å². The van der Waals surface area contributed by atoms with E-state index >= 15 is 0 Å². The molecule has 0 fully saturated rings. The predicted octanol–water partition coefficient (Wildman–Crippen LogP) is 2.36. The van der Waals surface area contributed by atoms with Crippen molar-refractivity contribution in [2.45, 2.75) is 23.6 Å². The Morgan fingerprint density at radius 3 is 1.32 bits per heavy atom. The number of benzene rings is 2. The van der Waals surface area contributed by atoms with Crippen LogP contribution in [0.5, 0.6) is 34.5 Å². The van der Waals surface area contributed by atoms with Crippen molar-refractivity contribution in [1.29, 1.82) is 0 Å². The van der Waals surface area contributed by atoms with Gasteiger partial charge in [-0.25, -0.2) is 0 Å². The highest BCUT2D eigenvalue weighted by Gasteiger charge is 2.28. The molecule has 0 atom stereocenters. The molecule has 2 aromatic rings. The number of ether oxygens (including phenoxy) is 3. The number of hydrogen-bond acceptors (Lipinski definition) is 11. The molecule has 31 heavy (non-hydrogen) atoms. The smallest absolute Gasteiger partial charge is 0.300 e. The molecule has 0 aromatic heterocycles. The molecule has 0 amide bonds. The summed E-state index contributed by atoms with van der Waals surface area (Å²) >= 11 is 0. The number of rotatable bonds is 10. The van der Waals surface area contributed by atoms with Crippen molar-refractivity contribution >= 4 is 20.2 Å². The molecule has 172 valence electrons. The van der Waals surface area contributed by atoms with Gasteiger partial charge in [0.1, 0.15) is 9.79 Å². The first-order valence-corrected chi connectivity index (χ1v) is 11.6. The van der Waals surface area contributed by atoms with Gasteiger partial charge in [-0.15, -0.1) is 0 Å². The normalized spacial score (nSPS) is 11.9. The molecule has 0 aliphatic carbocycles. The molecule has 2 N–H and O–H groups in total. The first kappa shape index (κ1) is 24.5. The van der Waals surface area contributed by atoms with Crippen molar-refractivity contribution in [1.82, 2.24) is 0 Å². The van der Waals surface area contributed by atoms with Gasteiger partial charge < -0.3 is 24.4 Å². The standard InChI is InChI=1S/C18H22O11S2/c1-5-27-30(21,22)17-7-11(19)13(25-3)9-15(17)29-16-10-14(26-4)12(20)8-18(16)31(23,24)28-6-2/h7-10,19-20H,5-6H2,1-4H3. The Morgan fingerprint density at radius 2 is 1.03 bits per heavy atom. The third-order valence-corrected chi connectivity index (χ3v) is 6.60. The number of phenolic OH excluding ortho intramolecular Hbond substituents is 2.